The van der Waals surface area contributed by atoms with Gasteiger partial charge in [-0.2, -0.15) is 0 Å². The molecule has 1 aliphatic heterocycles. The van der Waals surface area contributed by atoms with Crippen molar-refractivity contribution in [3.63, 3.8) is 0 Å². The summed E-state index contributed by atoms with van der Waals surface area (Å²) in [5.41, 5.74) is 4.50. The molecule has 2 heterocycles. The summed E-state index contributed by atoms with van der Waals surface area (Å²) in [6.07, 6.45) is 1.80. The Balaban J connectivity index is 1.47. The van der Waals surface area contributed by atoms with E-state index in [4.69, 9.17) is 9.40 Å². The molecule has 1 aromatic heterocycles. The number of rotatable bonds is 3. The molecule has 1 atom stereocenters. The summed E-state index contributed by atoms with van der Waals surface area (Å²) >= 11 is 3.45. The zero-order valence-corrected chi connectivity index (χ0v) is 17.3. The Morgan fingerprint density at radius 2 is 1.86 bits per heavy atom. The van der Waals surface area contributed by atoms with E-state index < -0.39 is 0 Å². The fraction of sp³-hybridized carbons (Fsp3) is 0.167. The van der Waals surface area contributed by atoms with Crippen molar-refractivity contribution in [2.75, 3.05) is 6.54 Å². The van der Waals surface area contributed by atoms with Crippen LogP contribution in [0.2, 0.25) is 0 Å². The third-order valence-electron chi connectivity index (χ3n) is 5.38. The molecule has 0 radical (unpaired) electrons. The van der Waals surface area contributed by atoms with Gasteiger partial charge in [0, 0.05) is 16.6 Å². The molecule has 1 aliphatic rings. The van der Waals surface area contributed by atoms with Crippen LogP contribution in [0.3, 0.4) is 0 Å². The first-order valence-electron chi connectivity index (χ1n) is 9.71. The van der Waals surface area contributed by atoms with E-state index >= 15 is 0 Å². The van der Waals surface area contributed by atoms with Crippen molar-refractivity contribution in [2.24, 2.45) is 0 Å². The number of benzene rings is 3. The van der Waals surface area contributed by atoms with Crippen molar-refractivity contribution in [2.45, 2.75) is 18.9 Å². The highest BCUT2D eigenvalue weighted by atomic mass is 79.9. The summed E-state index contributed by atoms with van der Waals surface area (Å²) in [4.78, 5) is 19.7. The molecule has 0 unspecified atom stereocenters. The van der Waals surface area contributed by atoms with Crippen molar-refractivity contribution in [1.82, 2.24) is 9.88 Å². The normalized spacial score (nSPS) is 16.4. The minimum atomic E-state index is -0.131. The number of nitrogens with zero attached hydrogens (tertiary/aromatic N) is 2. The lowest BCUT2D eigenvalue weighted by molar-refractivity contribution is 0.0717. The van der Waals surface area contributed by atoms with E-state index in [1.807, 2.05) is 65.6 Å². The third-order valence-corrected chi connectivity index (χ3v) is 5.87. The molecule has 4 aromatic rings. The van der Waals surface area contributed by atoms with E-state index in [0.29, 0.717) is 18.0 Å². The van der Waals surface area contributed by atoms with Crippen LogP contribution in [0, 0.1) is 0 Å². The molecule has 3 aromatic carbocycles. The summed E-state index contributed by atoms with van der Waals surface area (Å²) in [5, 5.41) is 0. The van der Waals surface area contributed by atoms with Crippen LogP contribution in [0.15, 0.2) is 81.7 Å². The number of aromatic nitrogens is 1. The molecular weight excluding hydrogens is 428 g/mol. The number of hydrogen-bond donors (Lipinski definition) is 0. The average Bonchev–Trinajstić information content (AvgIpc) is 3.40. The van der Waals surface area contributed by atoms with Crippen molar-refractivity contribution < 1.29 is 9.21 Å². The molecule has 144 valence electrons. The van der Waals surface area contributed by atoms with Gasteiger partial charge >= 0.3 is 0 Å². The molecule has 0 bridgehead atoms. The van der Waals surface area contributed by atoms with Crippen molar-refractivity contribution in [3.05, 3.63) is 88.7 Å². The van der Waals surface area contributed by atoms with Crippen molar-refractivity contribution in [3.8, 4) is 11.1 Å². The van der Waals surface area contributed by atoms with Crippen molar-refractivity contribution >= 4 is 32.9 Å². The molecule has 5 heteroatoms. The SMILES string of the molecule is O=C(c1cccc(Br)c1)N1CCC[C@@H]1c1nc2cc(-c3ccccc3)ccc2o1. The predicted octanol–water partition coefficient (Wildman–Crippen LogP) is 6.23. The van der Waals surface area contributed by atoms with E-state index in [1.54, 1.807) is 0 Å². The van der Waals surface area contributed by atoms with Gasteiger partial charge in [-0.15, -0.1) is 0 Å². The Kier molecular flexibility index (Phi) is 4.68. The monoisotopic (exact) mass is 446 g/mol. The van der Waals surface area contributed by atoms with Gasteiger partial charge in [-0.3, -0.25) is 4.79 Å². The maximum atomic E-state index is 13.1. The van der Waals surface area contributed by atoms with E-state index in [0.717, 1.165) is 39.5 Å². The standard InChI is InChI=1S/C24H19BrN2O2/c25-19-9-4-8-18(14-19)24(28)27-13-5-10-21(27)23-26-20-15-17(11-12-22(20)29-23)16-6-2-1-3-7-16/h1-4,6-9,11-12,14-15,21H,5,10,13H2/t21-/m1/s1. The van der Waals surface area contributed by atoms with Crippen LogP contribution < -0.4 is 0 Å². The second-order valence-electron chi connectivity index (χ2n) is 7.27. The molecular formula is C24H19BrN2O2. The maximum Gasteiger partial charge on any atom is 0.254 e. The largest absolute Gasteiger partial charge is 0.438 e. The lowest BCUT2D eigenvalue weighted by Crippen LogP contribution is -2.30. The van der Waals surface area contributed by atoms with Crippen molar-refractivity contribution in [1.29, 1.82) is 0 Å². The molecule has 0 saturated carbocycles. The van der Waals surface area contributed by atoms with Gasteiger partial charge in [0.15, 0.2) is 5.58 Å². The highest BCUT2D eigenvalue weighted by Gasteiger charge is 2.34. The van der Waals surface area contributed by atoms with Gasteiger partial charge in [-0.25, -0.2) is 4.98 Å². The number of carbonyl (C=O) groups excluding carboxylic acids is 1. The zero-order chi connectivity index (χ0) is 19.8. The highest BCUT2D eigenvalue weighted by Crippen LogP contribution is 2.35. The zero-order valence-electron chi connectivity index (χ0n) is 15.7. The van der Waals surface area contributed by atoms with Gasteiger partial charge in [0.05, 0.1) is 0 Å². The third kappa shape index (κ3) is 3.47. The van der Waals surface area contributed by atoms with Crippen LogP contribution in [0.1, 0.15) is 35.1 Å². The fourth-order valence-electron chi connectivity index (χ4n) is 3.95. The van der Waals surface area contributed by atoms with Crippen LogP contribution in [0.25, 0.3) is 22.2 Å². The quantitative estimate of drug-likeness (QED) is 0.374. The Labute approximate surface area is 177 Å². The van der Waals surface area contributed by atoms with Gasteiger partial charge < -0.3 is 9.32 Å². The van der Waals surface area contributed by atoms with Crippen LogP contribution in [0.5, 0.6) is 0 Å². The minimum Gasteiger partial charge on any atom is -0.438 e. The summed E-state index contributed by atoms with van der Waals surface area (Å²) in [5.74, 6) is 0.632. The Morgan fingerprint density at radius 3 is 2.69 bits per heavy atom. The molecule has 1 saturated heterocycles. The first-order chi connectivity index (χ1) is 14.2. The molecule has 29 heavy (non-hydrogen) atoms. The second-order valence-corrected chi connectivity index (χ2v) is 8.18. The Bertz CT molecular complexity index is 1190. The van der Waals surface area contributed by atoms with E-state index in [-0.39, 0.29) is 11.9 Å². The molecule has 0 spiro atoms. The molecule has 1 amide bonds. The summed E-state index contributed by atoms with van der Waals surface area (Å²) < 4.78 is 6.97. The predicted molar refractivity (Wildman–Crippen MR) is 117 cm³/mol. The van der Waals surface area contributed by atoms with Crippen LogP contribution in [-0.2, 0) is 0 Å². The number of fused-ring (bicyclic) bond motifs is 1. The Morgan fingerprint density at radius 1 is 1.00 bits per heavy atom. The van der Waals surface area contributed by atoms with Gasteiger partial charge in [0.2, 0.25) is 5.89 Å². The summed E-state index contributed by atoms with van der Waals surface area (Å²) in [7, 11) is 0. The van der Waals surface area contributed by atoms with E-state index in [2.05, 4.69) is 28.1 Å². The lowest BCUT2D eigenvalue weighted by Gasteiger charge is -2.22. The second kappa shape index (κ2) is 7.48. The maximum absolute atomic E-state index is 13.1. The van der Waals surface area contributed by atoms with Crippen LogP contribution >= 0.6 is 15.9 Å². The van der Waals surface area contributed by atoms with Crippen LogP contribution in [-0.4, -0.2) is 22.3 Å². The number of carbonyl (C=O) groups is 1. The fourth-order valence-corrected chi connectivity index (χ4v) is 4.35. The summed E-state index contributed by atoms with van der Waals surface area (Å²) in [6, 6.07) is 23.7. The van der Waals surface area contributed by atoms with Crippen LogP contribution in [0.4, 0.5) is 0 Å². The van der Waals surface area contributed by atoms with Gasteiger partial charge in [-0.05, 0) is 54.3 Å². The molecule has 5 rings (SSSR count). The number of hydrogen-bond acceptors (Lipinski definition) is 3. The average molecular weight is 447 g/mol. The Hall–Kier alpha value is -2.92. The molecule has 0 aliphatic carbocycles. The topological polar surface area (TPSA) is 46.3 Å². The number of halogens is 1. The molecule has 4 nitrogen and oxygen atoms in total. The van der Waals surface area contributed by atoms with E-state index in [9.17, 15) is 4.79 Å². The highest BCUT2D eigenvalue weighted by molar-refractivity contribution is 9.10. The van der Waals surface area contributed by atoms with E-state index in [1.165, 1.54) is 0 Å². The number of amides is 1. The first kappa shape index (κ1) is 18.1. The molecule has 1 fully saturated rings. The minimum absolute atomic E-state index is 0.0148. The van der Waals surface area contributed by atoms with Gasteiger partial charge in [0.1, 0.15) is 11.6 Å². The van der Waals surface area contributed by atoms with Gasteiger partial charge in [0.25, 0.3) is 5.91 Å². The summed E-state index contributed by atoms with van der Waals surface area (Å²) in [6.45, 7) is 0.712. The first-order valence-corrected chi connectivity index (χ1v) is 10.5. The smallest absolute Gasteiger partial charge is 0.254 e. The number of likely N-dealkylation sites (tertiary alicyclic amines) is 1. The van der Waals surface area contributed by atoms with Gasteiger partial charge in [-0.1, -0.05) is 58.4 Å². The lowest BCUT2D eigenvalue weighted by atomic mass is 10.1. The molecule has 0 N–H and O–H groups in total. The number of oxazole rings is 1.